The first-order chi connectivity index (χ1) is 29.7. The summed E-state index contributed by atoms with van der Waals surface area (Å²) in [5, 5.41) is 19.3. The van der Waals surface area contributed by atoms with Crippen LogP contribution < -0.4 is 31.9 Å². The maximum Gasteiger partial charge on any atom is 0.432 e. The molecule has 7 rings (SSSR count). The van der Waals surface area contributed by atoms with Gasteiger partial charge in [-0.1, -0.05) is 56.4 Å². The Morgan fingerprint density at radius 1 is 0.468 bits per heavy atom. The number of rotatable bonds is 12. The lowest BCUT2D eigenvalue weighted by Gasteiger charge is -2.37. The van der Waals surface area contributed by atoms with E-state index in [2.05, 4.69) is 44.0 Å². The molecular weight excluding hydrogens is 811 g/mol. The summed E-state index contributed by atoms with van der Waals surface area (Å²) in [6, 6.07) is 8.15. The number of hydroxylamine groups is 6. The highest BCUT2D eigenvalue weighted by molar-refractivity contribution is 6.02. The van der Waals surface area contributed by atoms with Crippen LogP contribution in [0.5, 0.6) is 0 Å². The van der Waals surface area contributed by atoms with Crippen molar-refractivity contribution in [2.24, 2.45) is 0 Å². The fourth-order valence-corrected chi connectivity index (χ4v) is 8.44. The maximum atomic E-state index is 11.9. The van der Waals surface area contributed by atoms with E-state index in [1.807, 2.05) is 33.3 Å². The number of benzene rings is 1. The number of amides is 9. The molecule has 2 saturated carbocycles. The predicted molar refractivity (Wildman–Crippen MR) is 217 cm³/mol. The highest BCUT2D eigenvalue weighted by atomic mass is 16.7. The summed E-state index contributed by atoms with van der Waals surface area (Å²) in [6.07, 6.45) is 9.55. The third-order valence-corrected chi connectivity index (χ3v) is 12.4. The molecule has 21 nitrogen and oxygen atoms in total. The van der Waals surface area contributed by atoms with Crippen molar-refractivity contribution in [2.45, 2.75) is 126 Å². The van der Waals surface area contributed by atoms with E-state index in [1.54, 1.807) is 0 Å². The predicted octanol–water partition coefficient (Wildman–Crippen LogP) is 1.54. The Labute approximate surface area is 359 Å². The number of imide groups is 3. The minimum absolute atomic E-state index is 0.0852. The summed E-state index contributed by atoms with van der Waals surface area (Å²) in [5.74, 6) is -2.84. The third-order valence-electron chi connectivity index (χ3n) is 12.4. The number of fused-ring (bicyclic) bond motifs is 1. The SMILES string of the molecule is CNC1(CNC(=O)ON2C(=O)CCC2=O)CCCC1.CNC1(CNC(=O)ON2C(=O)CCC2=O)CCCCC1.CNC1(CNC(=O)ON2C(=O)CCC2=O)Cc2ccccc2C1. The van der Waals surface area contributed by atoms with E-state index in [1.165, 1.54) is 17.5 Å². The van der Waals surface area contributed by atoms with Crippen LogP contribution in [-0.4, -0.2) is 126 Å². The van der Waals surface area contributed by atoms with Crippen molar-refractivity contribution in [1.82, 2.24) is 47.1 Å². The minimum Gasteiger partial charge on any atom is -0.318 e. The van der Waals surface area contributed by atoms with Crippen molar-refractivity contribution >= 4 is 53.7 Å². The quantitative estimate of drug-likeness (QED) is 0.163. The smallest absolute Gasteiger partial charge is 0.318 e. The van der Waals surface area contributed by atoms with Gasteiger partial charge >= 0.3 is 18.3 Å². The average molecular weight is 870 g/mol. The van der Waals surface area contributed by atoms with E-state index in [-0.39, 0.29) is 55.1 Å². The molecule has 0 atom stereocenters. The lowest BCUT2D eigenvalue weighted by atomic mass is 9.82. The zero-order valence-electron chi connectivity index (χ0n) is 35.7. The second kappa shape index (κ2) is 21.4. The van der Waals surface area contributed by atoms with Gasteiger partial charge in [-0.2, -0.15) is 0 Å². The number of likely N-dealkylation sites (N-methyl/N-ethyl adjacent to an activating group) is 3. The minimum atomic E-state index is -0.792. The number of hydrogen-bond acceptors (Lipinski definition) is 15. The van der Waals surface area contributed by atoms with Crippen LogP contribution in [0, 0.1) is 0 Å². The molecule has 0 unspecified atom stereocenters. The first-order valence-electron chi connectivity index (χ1n) is 21.2. The number of nitrogens with zero attached hydrogens (tertiary/aromatic N) is 3. The molecule has 0 radical (unpaired) electrons. The molecule has 62 heavy (non-hydrogen) atoms. The molecule has 6 N–H and O–H groups in total. The standard InChI is InChI=1S/C16H19N3O4.C13H21N3O4.C12H19N3O4/c1-17-16(8-11-4-2-3-5-12(11)9-16)10-18-15(22)23-19-13(20)6-7-14(19)21;1-14-13(7-3-2-4-8-13)9-15-12(19)20-16-10(17)5-6-11(16)18;1-13-12(6-2-3-7-12)8-14-11(18)19-15-9(16)4-5-10(15)17/h2-5,17H,6-10H2,1H3,(H,18,22);14H,2-9H2,1H3,(H,15,19);13H,2-8H2,1H3,(H,14,18). The van der Waals surface area contributed by atoms with Crippen molar-refractivity contribution in [1.29, 1.82) is 0 Å². The van der Waals surface area contributed by atoms with E-state index in [4.69, 9.17) is 14.5 Å². The van der Waals surface area contributed by atoms with Crippen molar-refractivity contribution in [3.05, 3.63) is 35.4 Å². The number of carbonyl (C=O) groups is 9. The topological polar surface area (TPSA) is 263 Å². The Bertz CT molecular complexity index is 1790. The molecule has 3 heterocycles. The highest BCUT2D eigenvalue weighted by Crippen LogP contribution is 2.31. The zero-order chi connectivity index (χ0) is 44.9. The summed E-state index contributed by atoms with van der Waals surface area (Å²) >= 11 is 0. The van der Waals surface area contributed by atoms with Crippen molar-refractivity contribution in [2.75, 3.05) is 40.8 Å². The summed E-state index contributed by atoms with van der Waals surface area (Å²) in [4.78, 5) is 118. The fourth-order valence-electron chi connectivity index (χ4n) is 8.44. The summed E-state index contributed by atoms with van der Waals surface area (Å²) in [7, 11) is 5.60. The van der Waals surface area contributed by atoms with Crippen LogP contribution in [0.3, 0.4) is 0 Å². The van der Waals surface area contributed by atoms with Crippen LogP contribution >= 0.6 is 0 Å². The van der Waals surface area contributed by atoms with Gasteiger partial charge in [0, 0.05) is 74.8 Å². The van der Waals surface area contributed by atoms with Gasteiger partial charge in [0.15, 0.2) is 0 Å². The van der Waals surface area contributed by atoms with Gasteiger partial charge < -0.3 is 46.4 Å². The molecule has 6 aliphatic rings. The van der Waals surface area contributed by atoms with Crippen molar-refractivity contribution in [3.8, 4) is 0 Å². The molecule has 9 amide bonds. The Kier molecular flexibility index (Phi) is 16.4. The zero-order valence-corrected chi connectivity index (χ0v) is 35.7. The summed E-state index contributed by atoms with van der Waals surface area (Å²) in [6.45, 7) is 1.20. The Hall–Kier alpha value is -5.67. The van der Waals surface area contributed by atoms with E-state index in [0.717, 1.165) is 64.2 Å². The number of carbonyl (C=O) groups excluding carboxylic acids is 9. The van der Waals surface area contributed by atoms with Gasteiger partial charge in [-0.25, -0.2) is 14.4 Å². The van der Waals surface area contributed by atoms with E-state index in [0.29, 0.717) is 34.8 Å². The van der Waals surface area contributed by atoms with Gasteiger partial charge in [-0.05, 0) is 70.8 Å². The summed E-state index contributed by atoms with van der Waals surface area (Å²) in [5.41, 5.74) is 2.00. The van der Waals surface area contributed by atoms with Crippen molar-refractivity contribution < 1.29 is 57.7 Å². The first-order valence-corrected chi connectivity index (χ1v) is 21.2. The second-order valence-electron chi connectivity index (χ2n) is 16.4. The molecule has 1 aromatic rings. The molecule has 1 aromatic carbocycles. The Balaban J connectivity index is 0.000000177. The van der Waals surface area contributed by atoms with Crippen LogP contribution in [-0.2, 0) is 56.1 Å². The molecular formula is C41H59N9O12. The number of nitrogens with one attached hydrogen (secondary N) is 6. The van der Waals surface area contributed by atoms with Gasteiger partial charge in [-0.3, -0.25) is 28.8 Å². The normalized spacial score (nSPS) is 20.8. The second-order valence-corrected chi connectivity index (χ2v) is 16.4. The maximum absolute atomic E-state index is 11.9. The van der Waals surface area contributed by atoms with Crippen LogP contribution in [0.15, 0.2) is 24.3 Å². The monoisotopic (exact) mass is 869 g/mol. The molecule has 3 saturated heterocycles. The average Bonchev–Trinajstić information content (AvgIpc) is 4.11. The molecule has 340 valence electrons. The van der Waals surface area contributed by atoms with Gasteiger partial charge in [0.05, 0.1) is 0 Å². The van der Waals surface area contributed by atoms with Crippen LogP contribution in [0.4, 0.5) is 14.4 Å². The molecule has 0 bridgehead atoms. The molecule has 0 spiro atoms. The number of hydrogen-bond donors (Lipinski definition) is 6. The van der Waals surface area contributed by atoms with Crippen LogP contribution in [0.25, 0.3) is 0 Å². The Morgan fingerprint density at radius 2 is 0.742 bits per heavy atom. The third kappa shape index (κ3) is 12.2. The Morgan fingerprint density at radius 3 is 1.03 bits per heavy atom. The molecule has 0 aromatic heterocycles. The molecule has 5 fully saturated rings. The van der Waals surface area contributed by atoms with E-state index >= 15 is 0 Å². The van der Waals surface area contributed by atoms with E-state index < -0.39 is 53.7 Å². The van der Waals surface area contributed by atoms with Gasteiger partial charge in [-0.15, -0.1) is 15.2 Å². The van der Waals surface area contributed by atoms with Gasteiger partial charge in [0.1, 0.15) is 0 Å². The van der Waals surface area contributed by atoms with E-state index in [9.17, 15) is 43.2 Å². The molecule has 3 aliphatic carbocycles. The lowest BCUT2D eigenvalue weighted by Crippen LogP contribution is -2.53. The fraction of sp³-hybridized carbons (Fsp3) is 0.634. The lowest BCUT2D eigenvalue weighted by molar-refractivity contribution is -0.172. The molecule has 21 heteroatoms. The first kappa shape index (κ1) is 47.4. The van der Waals surface area contributed by atoms with Crippen LogP contribution in [0.1, 0.15) is 107 Å². The molecule has 3 aliphatic heterocycles. The largest absolute Gasteiger partial charge is 0.432 e. The van der Waals surface area contributed by atoms with Gasteiger partial charge in [0.2, 0.25) is 0 Å². The van der Waals surface area contributed by atoms with Crippen molar-refractivity contribution in [3.63, 3.8) is 0 Å². The van der Waals surface area contributed by atoms with Gasteiger partial charge in [0.25, 0.3) is 35.4 Å². The highest BCUT2D eigenvalue weighted by Gasteiger charge is 2.39. The summed E-state index contributed by atoms with van der Waals surface area (Å²) < 4.78 is 0. The van der Waals surface area contributed by atoms with Crippen LogP contribution in [0.2, 0.25) is 0 Å².